The summed E-state index contributed by atoms with van der Waals surface area (Å²) in [6, 6.07) is 33.7. The molecule has 0 radical (unpaired) electrons. The van der Waals surface area contributed by atoms with E-state index in [0.717, 1.165) is 52.2 Å². The van der Waals surface area contributed by atoms with Gasteiger partial charge in [0.15, 0.2) is 0 Å². The molecule has 11 nitrogen and oxygen atoms in total. The molecule has 2 unspecified atom stereocenters. The fourth-order valence-corrected chi connectivity index (χ4v) is 5.96. The number of carbonyl (C=O) groups is 1. The SMILES string of the molecule is COc1ccccc1COCCCOc1ccc(C2CCN(C(=O)OCc3ccccc3)CC2OCc2cccc(COCCN=[N+]=[N-])c2)cc1. The van der Waals surface area contributed by atoms with Crippen molar-refractivity contribution in [3.8, 4) is 11.5 Å². The van der Waals surface area contributed by atoms with Crippen molar-refractivity contribution in [1.82, 2.24) is 4.90 Å². The zero-order valence-corrected chi connectivity index (χ0v) is 29.1. The van der Waals surface area contributed by atoms with E-state index in [2.05, 4.69) is 22.2 Å². The molecule has 0 spiro atoms. The standard InChI is InChI=1S/C40H46N4O7/c1-46-38-14-6-5-13-35(38)30-47-22-8-23-49-36-17-15-34(16-18-36)37-19-21-44(40(45)51-28-31-9-3-2-4-10-31)26-39(37)50-29-33-12-7-11-32(25-33)27-48-24-20-42-43-41/h2-7,9-18,25,37,39H,8,19-24,26-30H2,1H3. The van der Waals surface area contributed by atoms with Crippen LogP contribution in [0.25, 0.3) is 10.4 Å². The van der Waals surface area contributed by atoms with Crippen molar-refractivity contribution in [2.45, 2.75) is 51.3 Å². The number of para-hydroxylation sites is 1. The molecule has 0 N–H and O–H groups in total. The number of methoxy groups -OCH3 is 1. The summed E-state index contributed by atoms with van der Waals surface area (Å²) >= 11 is 0. The molecule has 0 saturated carbocycles. The molecule has 5 rings (SSSR count). The number of piperidine rings is 1. The quantitative estimate of drug-likeness (QED) is 0.0419. The summed E-state index contributed by atoms with van der Waals surface area (Å²) in [6.07, 6.45) is 0.892. The van der Waals surface area contributed by atoms with Crippen LogP contribution in [0.1, 0.15) is 46.6 Å². The third-order valence-corrected chi connectivity index (χ3v) is 8.61. The molecule has 268 valence electrons. The lowest BCUT2D eigenvalue weighted by atomic mass is 9.87. The number of nitrogens with zero attached hydrogens (tertiary/aromatic N) is 4. The Morgan fingerprint density at radius 1 is 0.824 bits per heavy atom. The number of benzene rings is 4. The number of rotatable bonds is 19. The summed E-state index contributed by atoms with van der Waals surface area (Å²) in [6.45, 7) is 4.24. The maximum absolute atomic E-state index is 13.1. The Kier molecular flexibility index (Phi) is 15.0. The third-order valence-electron chi connectivity index (χ3n) is 8.61. The molecule has 4 aromatic rings. The summed E-state index contributed by atoms with van der Waals surface area (Å²) in [5, 5.41) is 3.50. The lowest BCUT2D eigenvalue weighted by molar-refractivity contribution is -0.0246. The van der Waals surface area contributed by atoms with Gasteiger partial charge in [-0.2, -0.15) is 0 Å². The third kappa shape index (κ3) is 12.0. The molecule has 1 aliphatic heterocycles. The summed E-state index contributed by atoms with van der Waals surface area (Å²) < 4.78 is 35.1. The molecular weight excluding hydrogens is 648 g/mol. The molecule has 0 aliphatic carbocycles. The van der Waals surface area contributed by atoms with E-state index in [1.54, 1.807) is 12.0 Å². The number of amides is 1. The molecule has 1 fully saturated rings. The van der Waals surface area contributed by atoms with Crippen molar-refractivity contribution in [3.63, 3.8) is 0 Å². The van der Waals surface area contributed by atoms with Crippen LogP contribution < -0.4 is 9.47 Å². The van der Waals surface area contributed by atoms with E-state index in [4.69, 9.17) is 34.0 Å². The normalized spacial score (nSPS) is 15.5. The molecule has 4 aromatic carbocycles. The maximum atomic E-state index is 13.1. The summed E-state index contributed by atoms with van der Waals surface area (Å²) in [5.41, 5.74) is 13.6. The first kappa shape index (κ1) is 37.2. The fraction of sp³-hybridized carbons (Fsp3) is 0.375. The molecule has 0 bridgehead atoms. The Morgan fingerprint density at radius 2 is 1.57 bits per heavy atom. The number of hydrogen-bond acceptors (Lipinski definition) is 8. The predicted octanol–water partition coefficient (Wildman–Crippen LogP) is 8.22. The minimum Gasteiger partial charge on any atom is -0.496 e. The van der Waals surface area contributed by atoms with Gasteiger partial charge >= 0.3 is 6.09 Å². The maximum Gasteiger partial charge on any atom is 0.410 e. The van der Waals surface area contributed by atoms with Gasteiger partial charge in [0.25, 0.3) is 0 Å². The van der Waals surface area contributed by atoms with Crippen molar-refractivity contribution in [2.24, 2.45) is 5.11 Å². The molecule has 11 heteroatoms. The molecule has 1 amide bonds. The van der Waals surface area contributed by atoms with Crippen LogP contribution in [0.15, 0.2) is 108 Å². The largest absolute Gasteiger partial charge is 0.496 e. The van der Waals surface area contributed by atoms with E-state index in [1.807, 2.05) is 91.0 Å². The number of likely N-dealkylation sites (tertiary alicyclic amines) is 1. The van der Waals surface area contributed by atoms with Crippen LogP contribution in [-0.4, -0.2) is 63.7 Å². The van der Waals surface area contributed by atoms with Gasteiger partial charge in [-0.25, -0.2) is 4.79 Å². The zero-order chi connectivity index (χ0) is 35.5. The highest BCUT2D eigenvalue weighted by atomic mass is 16.6. The van der Waals surface area contributed by atoms with Gasteiger partial charge in [0.1, 0.15) is 18.1 Å². The first-order valence-electron chi connectivity index (χ1n) is 17.3. The molecular formula is C40H46N4O7. The van der Waals surface area contributed by atoms with E-state index in [1.165, 1.54) is 0 Å². The molecule has 1 heterocycles. The minimum absolute atomic E-state index is 0.0767. The topological polar surface area (TPSA) is 124 Å². The second-order valence-electron chi connectivity index (χ2n) is 12.2. The fourth-order valence-electron chi connectivity index (χ4n) is 5.96. The van der Waals surface area contributed by atoms with Gasteiger partial charge in [-0.1, -0.05) is 90.0 Å². The van der Waals surface area contributed by atoms with E-state index >= 15 is 0 Å². The Labute approximate surface area is 299 Å². The molecule has 2 atom stereocenters. The monoisotopic (exact) mass is 694 g/mol. The summed E-state index contributed by atoms with van der Waals surface area (Å²) in [4.78, 5) is 17.6. The predicted molar refractivity (Wildman–Crippen MR) is 193 cm³/mol. The lowest BCUT2D eigenvalue weighted by Gasteiger charge is -2.38. The highest BCUT2D eigenvalue weighted by molar-refractivity contribution is 5.68. The van der Waals surface area contributed by atoms with E-state index in [0.29, 0.717) is 59.3 Å². The van der Waals surface area contributed by atoms with Crippen molar-refractivity contribution < 1.29 is 33.2 Å². The van der Waals surface area contributed by atoms with Crippen molar-refractivity contribution >= 4 is 6.09 Å². The number of hydrogen-bond donors (Lipinski definition) is 0. The number of azide groups is 1. The van der Waals surface area contributed by atoms with E-state index < -0.39 is 0 Å². The van der Waals surface area contributed by atoms with Gasteiger partial charge in [-0.3, -0.25) is 0 Å². The van der Waals surface area contributed by atoms with Gasteiger partial charge in [0.2, 0.25) is 0 Å². The summed E-state index contributed by atoms with van der Waals surface area (Å²) in [5.74, 6) is 1.69. The molecule has 0 aromatic heterocycles. The Morgan fingerprint density at radius 3 is 2.37 bits per heavy atom. The van der Waals surface area contributed by atoms with Gasteiger partial charge in [0, 0.05) is 35.9 Å². The van der Waals surface area contributed by atoms with Crippen LogP contribution in [0.5, 0.6) is 11.5 Å². The Hall–Kier alpha value is -5.06. The van der Waals surface area contributed by atoms with Gasteiger partial charge < -0.3 is 33.3 Å². The van der Waals surface area contributed by atoms with Crippen LogP contribution in [0, 0.1) is 0 Å². The van der Waals surface area contributed by atoms with Crippen molar-refractivity contribution in [1.29, 1.82) is 0 Å². The smallest absolute Gasteiger partial charge is 0.410 e. The van der Waals surface area contributed by atoms with Gasteiger partial charge in [-0.05, 0) is 52.4 Å². The highest BCUT2D eigenvalue weighted by Gasteiger charge is 2.34. The average Bonchev–Trinajstić information content (AvgIpc) is 3.18. The van der Waals surface area contributed by atoms with Crippen LogP contribution in [-0.2, 0) is 45.4 Å². The number of carbonyl (C=O) groups excluding carboxylic acids is 1. The highest BCUT2D eigenvalue weighted by Crippen LogP contribution is 2.33. The van der Waals surface area contributed by atoms with Crippen molar-refractivity contribution in [2.75, 3.05) is 46.6 Å². The minimum atomic E-state index is -0.346. The number of ether oxygens (including phenoxy) is 6. The van der Waals surface area contributed by atoms with Crippen LogP contribution in [0.4, 0.5) is 4.79 Å². The van der Waals surface area contributed by atoms with E-state index in [-0.39, 0.29) is 24.7 Å². The first-order valence-corrected chi connectivity index (χ1v) is 17.3. The Balaban J connectivity index is 1.15. The van der Waals surface area contributed by atoms with Crippen LogP contribution in [0.2, 0.25) is 0 Å². The molecule has 51 heavy (non-hydrogen) atoms. The lowest BCUT2D eigenvalue weighted by Crippen LogP contribution is -2.47. The second-order valence-corrected chi connectivity index (χ2v) is 12.2. The summed E-state index contributed by atoms with van der Waals surface area (Å²) in [7, 11) is 1.66. The first-order chi connectivity index (χ1) is 25.1. The van der Waals surface area contributed by atoms with Gasteiger partial charge in [0.05, 0.1) is 59.4 Å². The van der Waals surface area contributed by atoms with Crippen LogP contribution >= 0.6 is 0 Å². The van der Waals surface area contributed by atoms with Gasteiger partial charge in [-0.15, -0.1) is 0 Å². The molecule has 1 aliphatic rings. The van der Waals surface area contributed by atoms with E-state index in [9.17, 15) is 4.79 Å². The Bertz CT molecular complexity index is 1680. The average molecular weight is 695 g/mol. The van der Waals surface area contributed by atoms with Crippen molar-refractivity contribution in [3.05, 3.63) is 141 Å². The second kappa shape index (κ2) is 20.6. The zero-order valence-electron chi connectivity index (χ0n) is 29.1. The molecule has 1 saturated heterocycles. The van der Waals surface area contributed by atoms with Crippen LogP contribution in [0.3, 0.4) is 0 Å².